The van der Waals surface area contributed by atoms with E-state index in [9.17, 15) is 4.79 Å². The van der Waals surface area contributed by atoms with Crippen LogP contribution in [-0.2, 0) is 11.2 Å². The van der Waals surface area contributed by atoms with E-state index in [1.54, 1.807) is 6.20 Å². The number of benzene rings is 1. The van der Waals surface area contributed by atoms with Crippen LogP contribution in [0.1, 0.15) is 15.9 Å². The zero-order chi connectivity index (χ0) is 16.4. The van der Waals surface area contributed by atoms with Crippen molar-refractivity contribution in [1.82, 2.24) is 4.98 Å². The minimum absolute atomic E-state index is 0. The number of nitrogens with one attached hydrogen (secondary N) is 2. The number of nitrogens with zero attached hydrogens (tertiary/aromatic N) is 2. The number of hydrogen-bond acceptors (Lipinski definition) is 5. The van der Waals surface area contributed by atoms with Crippen LogP contribution in [0.5, 0.6) is 0 Å². The Morgan fingerprint density at radius 2 is 1.96 bits per heavy atom. The number of anilines is 3. The predicted octanol–water partition coefficient (Wildman–Crippen LogP) is 2.98. The van der Waals surface area contributed by atoms with Gasteiger partial charge in [0.1, 0.15) is 5.82 Å². The van der Waals surface area contributed by atoms with E-state index in [0.29, 0.717) is 11.3 Å². The third-order valence-electron chi connectivity index (χ3n) is 4.42. The summed E-state index contributed by atoms with van der Waals surface area (Å²) in [5.41, 5.74) is 3.71. The van der Waals surface area contributed by atoms with Gasteiger partial charge in [-0.3, -0.25) is 4.79 Å². The van der Waals surface area contributed by atoms with Crippen LogP contribution < -0.4 is 15.5 Å². The van der Waals surface area contributed by atoms with Crippen LogP contribution in [0, 0.1) is 0 Å². The van der Waals surface area contributed by atoms with Crippen molar-refractivity contribution in [3.8, 4) is 0 Å². The number of carbonyl (C=O) groups is 1. The molecular formula is C18H22Cl2N4O2. The molecule has 0 radical (unpaired) electrons. The predicted molar refractivity (Wildman–Crippen MR) is 108 cm³/mol. The molecule has 1 aromatic heterocycles. The first kappa shape index (κ1) is 20.3. The summed E-state index contributed by atoms with van der Waals surface area (Å²) < 4.78 is 5.35. The number of amides is 1. The maximum atomic E-state index is 12.4. The normalized spacial score (nSPS) is 15.2. The third kappa shape index (κ3) is 4.38. The van der Waals surface area contributed by atoms with E-state index in [2.05, 4.69) is 20.5 Å². The molecule has 2 aliphatic heterocycles. The lowest BCUT2D eigenvalue weighted by Crippen LogP contribution is -2.36. The monoisotopic (exact) mass is 396 g/mol. The molecule has 4 rings (SSSR count). The second-order valence-corrected chi connectivity index (χ2v) is 6.01. The van der Waals surface area contributed by atoms with Gasteiger partial charge in [-0.25, -0.2) is 4.98 Å². The Balaban J connectivity index is 0.00000121. The zero-order valence-corrected chi connectivity index (χ0v) is 15.9. The Bertz CT molecular complexity index is 749. The van der Waals surface area contributed by atoms with E-state index in [0.717, 1.165) is 50.8 Å². The van der Waals surface area contributed by atoms with Crippen LogP contribution in [0.15, 0.2) is 36.5 Å². The minimum Gasteiger partial charge on any atom is -0.384 e. The fraction of sp³-hybridized carbons (Fsp3) is 0.333. The van der Waals surface area contributed by atoms with Crippen LogP contribution >= 0.6 is 24.8 Å². The fourth-order valence-electron chi connectivity index (χ4n) is 3.09. The van der Waals surface area contributed by atoms with Crippen molar-refractivity contribution < 1.29 is 9.53 Å². The van der Waals surface area contributed by atoms with Crippen molar-refractivity contribution in [2.45, 2.75) is 6.42 Å². The Kier molecular flexibility index (Phi) is 7.08. The lowest BCUT2D eigenvalue weighted by molar-refractivity contribution is 0.102. The van der Waals surface area contributed by atoms with E-state index in [1.807, 2.05) is 30.3 Å². The lowest BCUT2D eigenvalue weighted by Gasteiger charge is -2.27. The highest BCUT2D eigenvalue weighted by atomic mass is 35.5. The van der Waals surface area contributed by atoms with Crippen molar-refractivity contribution in [3.05, 3.63) is 47.7 Å². The molecule has 8 heteroatoms. The summed E-state index contributed by atoms with van der Waals surface area (Å²) in [5, 5.41) is 6.21. The molecular weight excluding hydrogens is 375 g/mol. The first-order chi connectivity index (χ1) is 11.8. The van der Waals surface area contributed by atoms with Gasteiger partial charge in [0, 0.05) is 30.9 Å². The molecule has 0 unspecified atom stereocenters. The molecule has 2 aromatic rings. The number of hydrogen-bond donors (Lipinski definition) is 2. The highest BCUT2D eigenvalue weighted by Crippen LogP contribution is 2.23. The van der Waals surface area contributed by atoms with E-state index >= 15 is 0 Å². The summed E-state index contributed by atoms with van der Waals surface area (Å²) >= 11 is 0. The molecule has 0 bridgehead atoms. The van der Waals surface area contributed by atoms with Gasteiger partial charge in [0.05, 0.1) is 25.1 Å². The number of rotatable bonds is 3. The van der Waals surface area contributed by atoms with E-state index in [-0.39, 0.29) is 30.7 Å². The highest BCUT2D eigenvalue weighted by molar-refractivity contribution is 6.04. The number of pyridine rings is 1. The average molecular weight is 397 g/mol. The maximum Gasteiger partial charge on any atom is 0.255 e. The number of carbonyl (C=O) groups excluding carboxylic acids is 1. The van der Waals surface area contributed by atoms with Gasteiger partial charge in [-0.1, -0.05) is 0 Å². The Morgan fingerprint density at radius 1 is 1.15 bits per heavy atom. The first-order valence-corrected chi connectivity index (χ1v) is 8.26. The summed E-state index contributed by atoms with van der Waals surface area (Å²) in [5.74, 6) is 0.811. The van der Waals surface area contributed by atoms with Gasteiger partial charge in [0.2, 0.25) is 0 Å². The van der Waals surface area contributed by atoms with Crippen molar-refractivity contribution in [2.75, 3.05) is 48.4 Å². The number of aromatic nitrogens is 1. The van der Waals surface area contributed by atoms with Crippen LogP contribution in [0.3, 0.4) is 0 Å². The Hall–Kier alpha value is -2.02. The molecule has 3 heterocycles. The van der Waals surface area contributed by atoms with Crippen molar-refractivity contribution in [2.24, 2.45) is 0 Å². The SMILES string of the molecule is Cl.Cl.O=C(Nc1ccc(N2CCOCC2)nc1)c1ccc2c(c1)CCN2. The van der Waals surface area contributed by atoms with E-state index in [1.165, 1.54) is 5.56 Å². The molecule has 6 nitrogen and oxygen atoms in total. The summed E-state index contributed by atoms with van der Waals surface area (Å²) in [6, 6.07) is 9.61. The average Bonchev–Trinajstić information content (AvgIpc) is 3.11. The molecule has 0 atom stereocenters. The standard InChI is InChI=1S/C18H20N4O2.2ClH/c23-18(14-1-3-16-13(11-14)5-6-19-16)21-15-2-4-17(20-12-15)22-7-9-24-10-8-22;;/h1-4,11-12,19H,5-10H2,(H,21,23);2*1H. The zero-order valence-electron chi connectivity index (χ0n) is 14.2. The molecule has 1 amide bonds. The summed E-state index contributed by atoms with van der Waals surface area (Å²) in [4.78, 5) is 19.1. The second kappa shape index (κ2) is 9.07. The molecule has 2 aliphatic rings. The number of morpholine rings is 1. The van der Waals surface area contributed by atoms with Crippen LogP contribution in [0.4, 0.5) is 17.2 Å². The molecule has 2 N–H and O–H groups in total. The van der Waals surface area contributed by atoms with Gasteiger partial charge in [-0.05, 0) is 42.3 Å². The smallest absolute Gasteiger partial charge is 0.255 e. The van der Waals surface area contributed by atoms with Crippen molar-refractivity contribution in [1.29, 1.82) is 0 Å². The molecule has 26 heavy (non-hydrogen) atoms. The second-order valence-electron chi connectivity index (χ2n) is 6.01. The molecule has 0 spiro atoms. The van der Waals surface area contributed by atoms with Crippen LogP contribution in [0.25, 0.3) is 0 Å². The fourth-order valence-corrected chi connectivity index (χ4v) is 3.09. The van der Waals surface area contributed by atoms with E-state index < -0.39 is 0 Å². The van der Waals surface area contributed by atoms with Gasteiger partial charge < -0.3 is 20.3 Å². The number of fused-ring (bicyclic) bond motifs is 1. The van der Waals surface area contributed by atoms with Gasteiger partial charge in [-0.15, -0.1) is 24.8 Å². The van der Waals surface area contributed by atoms with Gasteiger partial charge in [-0.2, -0.15) is 0 Å². The molecule has 140 valence electrons. The van der Waals surface area contributed by atoms with Gasteiger partial charge >= 0.3 is 0 Å². The maximum absolute atomic E-state index is 12.4. The number of ether oxygens (including phenoxy) is 1. The first-order valence-electron chi connectivity index (χ1n) is 8.26. The summed E-state index contributed by atoms with van der Waals surface area (Å²) in [6.07, 6.45) is 2.67. The highest BCUT2D eigenvalue weighted by Gasteiger charge is 2.15. The molecule has 0 aliphatic carbocycles. The minimum atomic E-state index is -0.106. The molecule has 1 saturated heterocycles. The van der Waals surface area contributed by atoms with Crippen LogP contribution in [-0.4, -0.2) is 43.7 Å². The summed E-state index contributed by atoms with van der Waals surface area (Å²) in [6.45, 7) is 4.10. The van der Waals surface area contributed by atoms with Crippen LogP contribution in [0.2, 0.25) is 0 Å². The molecule has 1 fully saturated rings. The van der Waals surface area contributed by atoms with Gasteiger partial charge in [0.25, 0.3) is 5.91 Å². The number of halogens is 2. The third-order valence-corrected chi connectivity index (χ3v) is 4.42. The Morgan fingerprint density at radius 3 is 2.69 bits per heavy atom. The van der Waals surface area contributed by atoms with Crippen molar-refractivity contribution in [3.63, 3.8) is 0 Å². The summed E-state index contributed by atoms with van der Waals surface area (Å²) in [7, 11) is 0. The van der Waals surface area contributed by atoms with Gasteiger partial charge in [0.15, 0.2) is 0 Å². The quantitative estimate of drug-likeness (QED) is 0.834. The molecule has 1 aromatic carbocycles. The van der Waals surface area contributed by atoms with E-state index in [4.69, 9.17) is 4.74 Å². The Labute approximate surface area is 165 Å². The van der Waals surface area contributed by atoms with Crippen molar-refractivity contribution >= 4 is 47.9 Å². The molecule has 0 saturated carbocycles. The lowest BCUT2D eigenvalue weighted by atomic mass is 10.1. The topological polar surface area (TPSA) is 66.5 Å². The largest absolute Gasteiger partial charge is 0.384 e.